The minimum absolute atomic E-state index is 0.0181. The Kier molecular flexibility index (Phi) is 23.0. The smallest absolute Gasteiger partial charge is 0.314 e. The first-order valence-electron chi connectivity index (χ1n) is 22.0. The Bertz CT molecular complexity index is 2060. The molecule has 0 spiro atoms. The summed E-state index contributed by atoms with van der Waals surface area (Å²) in [6.45, 7) is 4.57. The lowest BCUT2D eigenvalue weighted by Gasteiger charge is -2.10. The zero-order valence-corrected chi connectivity index (χ0v) is 38.9. The summed E-state index contributed by atoms with van der Waals surface area (Å²) in [5.41, 5.74) is 20.5. The lowest BCUT2D eigenvalue weighted by Crippen LogP contribution is -2.39. The van der Waals surface area contributed by atoms with Gasteiger partial charge in [0.05, 0.1) is 45.0 Å². The van der Waals surface area contributed by atoms with Gasteiger partial charge < -0.3 is 57.6 Å². The van der Waals surface area contributed by atoms with Gasteiger partial charge in [0.2, 0.25) is 0 Å². The Morgan fingerprint density at radius 1 is 0.561 bits per heavy atom. The number of nitrogens with zero attached hydrogens (tertiary/aromatic N) is 4. The number of rotatable bonds is 32. The molecular formula is C46H61Cl2N11O7. The number of halogens is 2. The summed E-state index contributed by atoms with van der Waals surface area (Å²) < 4.78 is 22.7. The summed E-state index contributed by atoms with van der Waals surface area (Å²) in [4.78, 5) is 52.8. The van der Waals surface area contributed by atoms with E-state index >= 15 is 0 Å². The van der Waals surface area contributed by atoms with E-state index in [-0.39, 0.29) is 63.8 Å². The molecule has 4 aromatic rings. The fourth-order valence-corrected chi connectivity index (χ4v) is 6.72. The van der Waals surface area contributed by atoms with Crippen molar-refractivity contribution in [1.82, 2.24) is 30.6 Å². The van der Waals surface area contributed by atoms with E-state index in [4.69, 9.17) is 70.2 Å². The van der Waals surface area contributed by atoms with Gasteiger partial charge >= 0.3 is 6.03 Å². The maximum Gasteiger partial charge on any atom is 0.314 e. The maximum absolute atomic E-state index is 12.5. The van der Waals surface area contributed by atoms with Crippen LogP contribution in [-0.2, 0) is 22.3 Å². The fourth-order valence-electron chi connectivity index (χ4n) is 6.47. The van der Waals surface area contributed by atoms with E-state index in [9.17, 15) is 14.4 Å². The monoisotopic (exact) mass is 949 g/mol. The van der Waals surface area contributed by atoms with Gasteiger partial charge in [0.25, 0.3) is 0 Å². The third kappa shape index (κ3) is 19.7. The molecule has 0 saturated heterocycles. The Morgan fingerprint density at radius 2 is 1.00 bits per heavy atom. The average molecular weight is 951 g/mol. The number of anilines is 3. The first-order chi connectivity index (χ1) is 31.8. The quantitative estimate of drug-likeness (QED) is 0.0145. The third-order valence-corrected chi connectivity index (χ3v) is 10.6. The Balaban J connectivity index is 0.908. The van der Waals surface area contributed by atoms with E-state index in [1.54, 1.807) is 6.92 Å². The largest absolute Gasteiger partial charge is 0.491 e. The van der Waals surface area contributed by atoms with Crippen LogP contribution in [0.3, 0.4) is 0 Å². The van der Waals surface area contributed by atoms with E-state index in [0.717, 1.165) is 62.9 Å². The summed E-state index contributed by atoms with van der Waals surface area (Å²) in [6.07, 6.45) is 8.03. The van der Waals surface area contributed by atoms with Crippen LogP contribution >= 0.6 is 23.2 Å². The van der Waals surface area contributed by atoms with Gasteiger partial charge in [0.1, 0.15) is 24.7 Å². The molecule has 0 aliphatic heterocycles. The molecule has 0 atom stereocenters. The molecule has 0 bridgehead atoms. The van der Waals surface area contributed by atoms with Crippen LogP contribution < -0.4 is 37.3 Å². The molecule has 18 nitrogen and oxygen atoms in total. The number of urea groups is 1. The summed E-state index contributed by atoms with van der Waals surface area (Å²) in [7, 11) is 0. The van der Waals surface area contributed by atoms with E-state index < -0.39 is 5.78 Å². The second kappa shape index (κ2) is 28.8. The first-order valence-corrected chi connectivity index (χ1v) is 22.7. The molecule has 356 valence electrons. The number of carbonyl (C=O) groups excluding carboxylic acids is 3. The summed E-state index contributed by atoms with van der Waals surface area (Å²) in [5.74, 6) is 0.638. The van der Waals surface area contributed by atoms with Gasteiger partial charge in [0, 0.05) is 24.5 Å². The molecule has 0 radical (unpaired) electrons. The number of nitrogens with two attached hydrogens (primary N) is 3. The van der Waals surface area contributed by atoms with Gasteiger partial charge in [-0.1, -0.05) is 60.3 Å². The topological polar surface area (TPSA) is 290 Å². The maximum atomic E-state index is 12.5. The number of benzene rings is 2. The van der Waals surface area contributed by atoms with Crippen molar-refractivity contribution in [3.8, 4) is 11.5 Å². The van der Waals surface area contributed by atoms with Gasteiger partial charge in [-0.3, -0.25) is 9.59 Å². The molecule has 0 aliphatic rings. The van der Waals surface area contributed by atoms with E-state index in [1.807, 2.05) is 48.5 Å². The standard InChI is InChI=1S/C46H61Cl2N11O7/c1-30-41(47)57-39(43(51)56-30)37(60)28-33(49)10-6-2-4-8-31-12-16-35(17-13-31)65-26-24-63-22-20-54-46(62)55-21-23-64-25-27-66-36-18-14-32(15-19-36)9-5-3-7-11-34(50)29-38(61)40-44(52)59-45(53)42(48)58-40/h12-19,49-50H,2-11,20-29H2,1H3,(H2,51,56)(H4,52,53,59)(H2,54,55,62). The van der Waals surface area contributed by atoms with Crippen LogP contribution in [0.15, 0.2) is 48.5 Å². The number of ether oxygens (including phenoxy) is 4. The van der Waals surface area contributed by atoms with Gasteiger partial charge in [-0.25, -0.2) is 24.7 Å². The number of aromatic nitrogens is 4. The Morgan fingerprint density at radius 3 is 1.47 bits per heavy atom. The molecule has 0 aliphatic carbocycles. The van der Waals surface area contributed by atoms with E-state index in [0.29, 0.717) is 82.7 Å². The average Bonchev–Trinajstić information content (AvgIpc) is 3.28. The summed E-state index contributed by atoms with van der Waals surface area (Å²) in [5, 5.41) is 21.9. The number of nitrogen functional groups attached to an aromatic ring is 3. The number of aryl methyl sites for hydroxylation is 3. The van der Waals surface area contributed by atoms with Crippen LogP contribution in [0.25, 0.3) is 0 Å². The number of hydrogen-bond donors (Lipinski definition) is 7. The van der Waals surface area contributed by atoms with Crippen molar-refractivity contribution in [1.29, 1.82) is 10.8 Å². The predicted octanol–water partition coefficient (Wildman–Crippen LogP) is 7.21. The third-order valence-electron chi connectivity index (χ3n) is 10.0. The van der Waals surface area contributed by atoms with Crippen molar-refractivity contribution in [2.24, 2.45) is 0 Å². The van der Waals surface area contributed by atoms with Crippen LogP contribution in [-0.4, -0.2) is 102 Å². The summed E-state index contributed by atoms with van der Waals surface area (Å²) >= 11 is 11.8. The number of amides is 2. The van der Waals surface area contributed by atoms with Crippen molar-refractivity contribution < 1.29 is 33.3 Å². The van der Waals surface area contributed by atoms with Crippen molar-refractivity contribution >= 4 is 69.7 Å². The molecule has 4 rings (SSSR count). The lowest BCUT2D eigenvalue weighted by molar-refractivity contribution is 0.0987. The molecule has 2 heterocycles. The highest BCUT2D eigenvalue weighted by molar-refractivity contribution is 6.32. The molecule has 66 heavy (non-hydrogen) atoms. The van der Waals surface area contributed by atoms with Crippen LogP contribution in [0.4, 0.5) is 22.2 Å². The molecule has 20 heteroatoms. The Hall–Kier alpha value is -5.95. The molecular weight excluding hydrogens is 889 g/mol. The normalized spacial score (nSPS) is 11.0. The second-order valence-electron chi connectivity index (χ2n) is 15.4. The zero-order valence-electron chi connectivity index (χ0n) is 37.4. The van der Waals surface area contributed by atoms with Crippen LogP contribution in [0.1, 0.15) is 102 Å². The van der Waals surface area contributed by atoms with E-state index in [2.05, 4.69) is 30.6 Å². The summed E-state index contributed by atoms with van der Waals surface area (Å²) in [6, 6.07) is 15.5. The van der Waals surface area contributed by atoms with Crippen LogP contribution in [0.5, 0.6) is 11.5 Å². The number of unbranched alkanes of at least 4 members (excludes halogenated alkanes) is 4. The SMILES string of the molecule is Cc1nc(N)c(C(=O)CC(=N)CCCCCc2ccc(OCCOCCNC(=O)NCCOCCOc3ccc(CCCCCC(=N)CC(=O)c4nc(Cl)c(N)nc4N)cc3)cc2)nc1Cl. The Labute approximate surface area is 395 Å². The van der Waals surface area contributed by atoms with E-state index in [1.165, 1.54) is 11.1 Å². The van der Waals surface area contributed by atoms with Gasteiger partial charge in [-0.05, 0) is 93.7 Å². The minimum atomic E-state index is -0.405. The van der Waals surface area contributed by atoms with Gasteiger partial charge in [-0.15, -0.1) is 0 Å². The number of hydrogen-bond acceptors (Lipinski definition) is 16. The van der Waals surface area contributed by atoms with Crippen molar-refractivity contribution in [2.75, 3.05) is 69.9 Å². The van der Waals surface area contributed by atoms with Crippen molar-refractivity contribution in [2.45, 2.75) is 84.0 Å². The lowest BCUT2D eigenvalue weighted by atomic mass is 10.0. The zero-order chi connectivity index (χ0) is 47.7. The molecule has 2 amide bonds. The number of ketones is 2. The molecule has 2 aromatic carbocycles. The predicted molar refractivity (Wildman–Crippen MR) is 257 cm³/mol. The first kappa shape index (κ1) is 52.7. The number of nitrogens with one attached hydrogen (secondary N) is 4. The highest BCUT2D eigenvalue weighted by atomic mass is 35.5. The highest BCUT2D eigenvalue weighted by Crippen LogP contribution is 2.21. The van der Waals surface area contributed by atoms with Crippen molar-refractivity contribution in [3.05, 3.63) is 87.0 Å². The molecule has 0 unspecified atom stereocenters. The highest BCUT2D eigenvalue weighted by Gasteiger charge is 2.19. The van der Waals surface area contributed by atoms with Crippen molar-refractivity contribution in [3.63, 3.8) is 0 Å². The van der Waals surface area contributed by atoms with Crippen LogP contribution in [0, 0.1) is 17.7 Å². The van der Waals surface area contributed by atoms with Gasteiger partial charge in [-0.2, -0.15) is 0 Å². The number of carbonyl (C=O) groups is 3. The molecule has 10 N–H and O–H groups in total. The van der Waals surface area contributed by atoms with Gasteiger partial charge in [0.15, 0.2) is 50.7 Å². The fraction of sp³-hybridized carbons (Fsp3) is 0.457. The molecule has 0 saturated carbocycles. The van der Waals surface area contributed by atoms with Crippen LogP contribution in [0.2, 0.25) is 10.3 Å². The number of Topliss-reactive ketones (excluding diaryl/α,β-unsaturated/α-hetero) is 2. The molecule has 0 fully saturated rings. The minimum Gasteiger partial charge on any atom is -0.491 e. The molecule has 2 aromatic heterocycles. The second-order valence-corrected chi connectivity index (χ2v) is 16.1.